The Morgan fingerprint density at radius 2 is 1.79 bits per heavy atom. The molecule has 186 valence electrons. The van der Waals surface area contributed by atoms with Crippen LogP contribution in [-0.2, 0) is 31.6 Å². The summed E-state index contributed by atoms with van der Waals surface area (Å²) in [5, 5.41) is 20.8. The number of phosphoric acid groups is 3. The number of fused-ring (bicyclic) bond motifs is 1. The Labute approximate surface area is 216 Å². The maximum absolute atomic E-state index is 11.7. The number of anilines is 1. The van der Waals surface area contributed by atoms with Crippen molar-refractivity contribution >= 4 is 52.2 Å². The molecule has 6 atom stereocenters. The van der Waals surface area contributed by atoms with Crippen molar-refractivity contribution < 1.29 is 90.9 Å². The zero-order valence-electron chi connectivity index (χ0n) is 17.1. The fourth-order valence-corrected chi connectivity index (χ4v) is 5.97. The summed E-state index contributed by atoms with van der Waals surface area (Å²) in [5.74, 6) is 0.0328. The minimum absolute atomic E-state index is 0. The number of aromatic nitrogens is 4. The van der Waals surface area contributed by atoms with Gasteiger partial charge in [0.25, 0.3) is 15.6 Å². The third-order valence-corrected chi connectivity index (χ3v) is 8.23. The monoisotopic (exact) mass is 572 g/mol. The first-order valence-electron chi connectivity index (χ1n) is 8.39. The fraction of sp³-hybridized carbons (Fsp3) is 0.545. The molecule has 0 radical (unpaired) electrons. The van der Waals surface area contributed by atoms with Gasteiger partial charge in [0.1, 0.15) is 23.8 Å². The van der Waals surface area contributed by atoms with E-state index in [9.17, 15) is 43.5 Å². The van der Waals surface area contributed by atoms with Crippen LogP contribution < -0.4 is 54.9 Å². The second kappa shape index (κ2) is 11.2. The van der Waals surface area contributed by atoms with Gasteiger partial charge in [-0.05, 0) is 6.26 Å². The predicted octanol–water partition coefficient (Wildman–Crippen LogP) is -6.43. The Bertz CT molecular complexity index is 1180. The smallest absolute Gasteiger partial charge is 0.790 e. The van der Waals surface area contributed by atoms with Gasteiger partial charge < -0.3 is 49.3 Å². The average Bonchev–Trinajstić information content (AvgIpc) is 3.19. The standard InChI is InChI=1S/C11H18N5O13P3S.Na/c1-33-11-14-8(12)5-9(15-11)16(3-13-5)10-7(18)6(17)4(27-10)2-26-31(22,23)29-32(24,25)28-30(19,20)21;/h3-4,6-7,10,17-18H,2H2,1H3,(H,22,23)(H,24,25)(H2,12,14,15)(H2,19,20,21);/q;+1/p-4. The molecule has 18 nitrogen and oxygen atoms in total. The largest absolute Gasteiger partial charge is 1.00 e. The number of ether oxygens (including phenoxy) is 1. The average molecular weight is 572 g/mol. The molecule has 23 heteroatoms. The zero-order chi connectivity index (χ0) is 24.8. The van der Waals surface area contributed by atoms with E-state index in [2.05, 4.69) is 28.1 Å². The molecule has 6 unspecified atom stereocenters. The van der Waals surface area contributed by atoms with E-state index in [1.54, 1.807) is 6.26 Å². The van der Waals surface area contributed by atoms with Crippen LogP contribution in [0.15, 0.2) is 11.5 Å². The van der Waals surface area contributed by atoms with Crippen molar-refractivity contribution in [1.82, 2.24) is 19.5 Å². The van der Waals surface area contributed by atoms with E-state index in [1.165, 1.54) is 10.9 Å². The van der Waals surface area contributed by atoms with Crippen LogP contribution in [0.2, 0.25) is 0 Å². The first kappa shape index (κ1) is 30.2. The van der Waals surface area contributed by atoms with E-state index in [0.717, 1.165) is 11.8 Å². The molecule has 1 saturated heterocycles. The number of nitrogens with two attached hydrogens (primary N) is 1. The molecular formula is C11H14N5NaO13P3S-3. The van der Waals surface area contributed by atoms with Crippen molar-refractivity contribution in [2.24, 2.45) is 0 Å². The normalized spacial score (nSPS) is 26.7. The van der Waals surface area contributed by atoms with Crippen molar-refractivity contribution in [1.29, 1.82) is 0 Å². The second-order valence-electron chi connectivity index (χ2n) is 6.27. The SMILES string of the molecule is CSc1nc(N)c2ncn(C3OC(COP(=O)([O-])OP(=O)([O-])OP(=O)([O-])[O-])C(O)C3O)c2n1.[Na+]. The minimum atomic E-state index is -6.15. The molecule has 0 aliphatic carbocycles. The Morgan fingerprint density at radius 1 is 1.15 bits per heavy atom. The van der Waals surface area contributed by atoms with Crippen LogP contribution in [0.5, 0.6) is 0 Å². The van der Waals surface area contributed by atoms with Gasteiger partial charge in [0, 0.05) is 0 Å². The Hall–Kier alpha value is -0.0100. The van der Waals surface area contributed by atoms with Gasteiger partial charge in [-0.1, -0.05) is 11.8 Å². The Balaban J connectivity index is 0.00000408. The number of thioether (sulfide) groups is 1. The van der Waals surface area contributed by atoms with E-state index in [0.29, 0.717) is 0 Å². The number of rotatable bonds is 9. The van der Waals surface area contributed by atoms with E-state index in [-0.39, 0.29) is 51.7 Å². The van der Waals surface area contributed by atoms with Crippen LogP contribution >= 0.6 is 35.2 Å². The molecule has 3 rings (SSSR count). The van der Waals surface area contributed by atoms with Crippen molar-refractivity contribution in [3.63, 3.8) is 0 Å². The summed E-state index contributed by atoms with van der Waals surface area (Å²) in [6, 6.07) is 0. The maximum atomic E-state index is 11.7. The molecule has 3 heterocycles. The molecule has 1 aliphatic rings. The van der Waals surface area contributed by atoms with Gasteiger partial charge in [0.2, 0.25) is 0 Å². The van der Waals surface area contributed by atoms with Gasteiger partial charge in [-0.25, -0.2) is 19.3 Å². The third-order valence-electron chi connectivity index (χ3n) is 4.02. The maximum Gasteiger partial charge on any atom is 1.00 e. The van der Waals surface area contributed by atoms with Crippen LogP contribution in [0.3, 0.4) is 0 Å². The molecule has 2 aromatic heterocycles. The Kier molecular flexibility index (Phi) is 9.92. The molecule has 0 spiro atoms. The first-order valence-corrected chi connectivity index (χ1v) is 14.0. The van der Waals surface area contributed by atoms with Crippen molar-refractivity contribution in [2.45, 2.75) is 29.7 Å². The third kappa shape index (κ3) is 7.27. The summed E-state index contributed by atoms with van der Waals surface area (Å²) in [6.07, 6.45) is -3.44. The Morgan fingerprint density at radius 3 is 2.38 bits per heavy atom. The van der Waals surface area contributed by atoms with Crippen LogP contribution in [0.1, 0.15) is 6.23 Å². The van der Waals surface area contributed by atoms with Crippen molar-refractivity contribution in [3.05, 3.63) is 6.33 Å². The number of aliphatic hydroxyl groups is 2. The van der Waals surface area contributed by atoms with Gasteiger partial charge in [0.05, 0.1) is 20.8 Å². The molecule has 2 aromatic rings. The number of hydrogen-bond acceptors (Lipinski definition) is 18. The topological polar surface area (TPSA) is 290 Å². The molecule has 0 bridgehead atoms. The van der Waals surface area contributed by atoms with Gasteiger partial charge in [-0.15, -0.1) is 0 Å². The zero-order valence-corrected chi connectivity index (χ0v) is 22.6. The van der Waals surface area contributed by atoms with E-state index >= 15 is 0 Å². The van der Waals surface area contributed by atoms with Gasteiger partial charge in [-0.2, -0.15) is 0 Å². The van der Waals surface area contributed by atoms with Gasteiger partial charge >= 0.3 is 29.6 Å². The van der Waals surface area contributed by atoms with Crippen LogP contribution in [0.4, 0.5) is 5.82 Å². The molecule has 0 aromatic carbocycles. The van der Waals surface area contributed by atoms with Gasteiger partial charge in [-0.3, -0.25) is 18.0 Å². The van der Waals surface area contributed by atoms with E-state index < -0.39 is 54.6 Å². The number of nitrogens with zero attached hydrogens (tertiary/aromatic N) is 4. The quantitative estimate of drug-likeness (QED) is 0.109. The number of nitrogen functional groups attached to an aromatic ring is 1. The fourth-order valence-electron chi connectivity index (χ4n) is 2.74. The van der Waals surface area contributed by atoms with Crippen LogP contribution in [-0.4, -0.2) is 60.9 Å². The number of imidazole rings is 1. The summed E-state index contributed by atoms with van der Waals surface area (Å²) < 4.78 is 50.5. The molecule has 0 saturated carbocycles. The molecule has 0 amide bonds. The van der Waals surface area contributed by atoms with E-state index in [4.69, 9.17) is 10.5 Å². The molecule has 34 heavy (non-hydrogen) atoms. The summed E-state index contributed by atoms with van der Waals surface area (Å²) in [7, 11) is -18.1. The van der Waals surface area contributed by atoms with Crippen molar-refractivity contribution in [3.8, 4) is 0 Å². The summed E-state index contributed by atoms with van der Waals surface area (Å²) in [6.45, 7) is -1.08. The molecular weight excluding hydrogens is 558 g/mol. The summed E-state index contributed by atoms with van der Waals surface area (Å²) in [4.78, 5) is 55.7. The van der Waals surface area contributed by atoms with Gasteiger partial charge in [0.15, 0.2) is 22.8 Å². The number of phosphoric ester groups is 1. The second-order valence-corrected chi connectivity index (χ2v) is 11.3. The number of hydrogen-bond donors (Lipinski definition) is 3. The van der Waals surface area contributed by atoms with Crippen molar-refractivity contribution in [2.75, 3.05) is 18.6 Å². The summed E-state index contributed by atoms with van der Waals surface area (Å²) in [5.41, 5.74) is 6.10. The molecule has 1 aliphatic heterocycles. The summed E-state index contributed by atoms with van der Waals surface area (Å²) >= 11 is 1.16. The molecule has 4 N–H and O–H groups in total. The minimum Gasteiger partial charge on any atom is -0.790 e. The van der Waals surface area contributed by atoms with E-state index in [1.807, 2.05) is 0 Å². The molecule has 1 fully saturated rings. The van der Waals surface area contributed by atoms with Crippen LogP contribution in [0, 0.1) is 0 Å². The number of aliphatic hydroxyl groups excluding tert-OH is 2. The van der Waals surface area contributed by atoms with Crippen LogP contribution in [0.25, 0.3) is 11.2 Å². The first-order chi connectivity index (χ1) is 15.1. The predicted molar refractivity (Wildman–Crippen MR) is 98.4 cm³/mol.